The average molecular weight is 350 g/mol. The summed E-state index contributed by atoms with van der Waals surface area (Å²) in [6.07, 6.45) is 4.28. The molecule has 0 fully saturated rings. The summed E-state index contributed by atoms with van der Waals surface area (Å²) in [6.45, 7) is 0.506. The van der Waals surface area contributed by atoms with Crippen LogP contribution in [0.2, 0.25) is 0 Å². The number of anilines is 1. The van der Waals surface area contributed by atoms with Gasteiger partial charge in [-0.2, -0.15) is 5.10 Å². The number of carbonyl (C=O) groups is 1. The summed E-state index contributed by atoms with van der Waals surface area (Å²) in [5.74, 6) is 0.235. The Kier molecular flexibility index (Phi) is 5.61. The molecule has 7 nitrogen and oxygen atoms in total. The predicted molar refractivity (Wildman–Crippen MR) is 97.1 cm³/mol. The maximum absolute atomic E-state index is 11.9. The Morgan fingerprint density at radius 2 is 1.92 bits per heavy atom. The minimum Gasteiger partial charge on any atom is -0.489 e. The van der Waals surface area contributed by atoms with E-state index < -0.39 is 5.97 Å². The third kappa shape index (κ3) is 4.47. The molecule has 0 radical (unpaired) electrons. The molecule has 3 aromatic rings. The first kappa shape index (κ1) is 17.2. The molecule has 0 bridgehead atoms. The smallest absolute Gasteiger partial charge is 0.358 e. The van der Waals surface area contributed by atoms with Gasteiger partial charge in [-0.1, -0.05) is 30.3 Å². The van der Waals surface area contributed by atoms with Crippen molar-refractivity contribution in [2.75, 3.05) is 12.4 Å². The van der Waals surface area contributed by atoms with E-state index in [0.29, 0.717) is 6.61 Å². The number of carbonyl (C=O) groups excluding carboxylic acids is 1. The summed E-state index contributed by atoms with van der Waals surface area (Å²) < 4.78 is 11.8. The Balaban J connectivity index is 1.63. The number of nitrogens with one attached hydrogen (secondary N) is 1. The van der Waals surface area contributed by atoms with Crippen LogP contribution in [0.3, 0.4) is 0 Å². The van der Waals surface area contributed by atoms with E-state index in [-0.39, 0.29) is 5.70 Å². The fourth-order valence-electron chi connectivity index (χ4n) is 2.20. The fraction of sp³-hybridized carbons (Fsp3) is 0.105. The van der Waals surface area contributed by atoms with Crippen LogP contribution >= 0.6 is 0 Å². The molecular weight excluding hydrogens is 332 g/mol. The van der Waals surface area contributed by atoms with Gasteiger partial charge in [0, 0.05) is 11.9 Å². The molecule has 0 aliphatic carbocycles. The van der Waals surface area contributed by atoms with Gasteiger partial charge in [-0.3, -0.25) is 0 Å². The summed E-state index contributed by atoms with van der Waals surface area (Å²) in [5, 5.41) is 6.98. The minimum atomic E-state index is -0.522. The summed E-state index contributed by atoms with van der Waals surface area (Å²) in [7, 11) is 1.31. The standard InChI is InChI=1S/C19H18N4O3/c1-25-19(24)18(23-14-20-13-22-23)11-21-16-7-9-17(10-8-16)26-12-15-5-3-2-4-6-15/h2-11,13-14,21H,12H2,1H3. The molecule has 1 aromatic heterocycles. The number of hydrogen-bond acceptors (Lipinski definition) is 6. The third-order valence-corrected chi connectivity index (χ3v) is 3.54. The molecule has 0 amide bonds. The highest BCUT2D eigenvalue weighted by Gasteiger charge is 2.12. The van der Waals surface area contributed by atoms with E-state index in [0.717, 1.165) is 17.0 Å². The van der Waals surface area contributed by atoms with Gasteiger partial charge < -0.3 is 14.8 Å². The molecule has 1 heterocycles. The molecule has 0 spiro atoms. The van der Waals surface area contributed by atoms with Crippen LogP contribution in [-0.2, 0) is 16.1 Å². The summed E-state index contributed by atoms with van der Waals surface area (Å²) in [6, 6.07) is 17.4. The van der Waals surface area contributed by atoms with Gasteiger partial charge >= 0.3 is 5.97 Å². The average Bonchev–Trinajstić information content (AvgIpc) is 3.22. The first-order valence-corrected chi connectivity index (χ1v) is 7.93. The van der Waals surface area contributed by atoms with Gasteiger partial charge in [-0.15, -0.1) is 0 Å². The third-order valence-electron chi connectivity index (χ3n) is 3.54. The molecular formula is C19H18N4O3. The number of rotatable bonds is 7. The Morgan fingerprint density at radius 1 is 1.15 bits per heavy atom. The maximum atomic E-state index is 11.9. The van der Waals surface area contributed by atoms with Crippen LogP contribution < -0.4 is 10.1 Å². The summed E-state index contributed by atoms with van der Waals surface area (Å²) in [4.78, 5) is 15.7. The monoisotopic (exact) mass is 350 g/mol. The lowest BCUT2D eigenvalue weighted by molar-refractivity contribution is -0.134. The SMILES string of the molecule is COC(=O)C(=CNc1ccc(OCc2ccccc2)cc1)n1cncn1. The van der Waals surface area contributed by atoms with Crippen molar-refractivity contribution in [3.8, 4) is 5.75 Å². The molecule has 0 aliphatic rings. The molecule has 0 saturated heterocycles. The van der Waals surface area contributed by atoms with Crippen LogP contribution in [-0.4, -0.2) is 27.8 Å². The van der Waals surface area contributed by atoms with E-state index in [9.17, 15) is 4.79 Å². The molecule has 0 atom stereocenters. The number of benzene rings is 2. The van der Waals surface area contributed by atoms with Gasteiger partial charge in [-0.05, 0) is 29.8 Å². The second kappa shape index (κ2) is 8.48. The Bertz CT molecular complexity index is 860. The van der Waals surface area contributed by atoms with Gasteiger partial charge in [0.2, 0.25) is 0 Å². The molecule has 3 rings (SSSR count). The van der Waals surface area contributed by atoms with E-state index in [1.807, 2.05) is 54.6 Å². The highest BCUT2D eigenvalue weighted by atomic mass is 16.5. The van der Waals surface area contributed by atoms with Crippen molar-refractivity contribution in [2.45, 2.75) is 6.61 Å². The van der Waals surface area contributed by atoms with Gasteiger partial charge in [0.15, 0.2) is 5.70 Å². The lowest BCUT2D eigenvalue weighted by Gasteiger charge is -2.09. The number of ether oxygens (including phenoxy) is 2. The molecule has 1 N–H and O–H groups in total. The van der Waals surface area contributed by atoms with Crippen LogP contribution in [0.5, 0.6) is 5.75 Å². The van der Waals surface area contributed by atoms with Crippen LogP contribution in [0, 0.1) is 0 Å². The van der Waals surface area contributed by atoms with Crippen molar-refractivity contribution in [1.29, 1.82) is 0 Å². The molecule has 7 heteroatoms. The number of hydrogen-bond donors (Lipinski definition) is 1. The van der Waals surface area contributed by atoms with Gasteiger partial charge in [0.1, 0.15) is 25.0 Å². The lowest BCUT2D eigenvalue weighted by atomic mass is 10.2. The van der Waals surface area contributed by atoms with E-state index in [2.05, 4.69) is 15.4 Å². The van der Waals surface area contributed by atoms with Crippen molar-refractivity contribution >= 4 is 17.4 Å². The minimum absolute atomic E-state index is 0.217. The van der Waals surface area contributed by atoms with Crippen molar-refractivity contribution in [1.82, 2.24) is 14.8 Å². The highest BCUT2D eigenvalue weighted by Crippen LogP contribution is 2.18. The molecule has 0 unspecified atom stereocenters. The fourth-order valence-corrected chi connectivity index (χ4v) is 2.20. The first-order chi connectivity index (χ1) is 12.8. The largest absolute Gasteiger partial charge is 0.489 e. The molecule has 0 aliphatic heterocycles. The van der Waals surface area contributed by atoms with Crippen molar-refractivity contribution in [2.24, 2.45) is 0 Å². The number of aromatic nitrogens is 3. The Morgan fingerprint density at radius 3 is 2.58 bits per heavy atom. The zero-order valence-corrected chi connectivity index (χ0v) is 14.2. The van der Waals surface area contributed by atoms with Crippen molar-refractivity contribution in [3.63, 3.8) is 0 Å². The quantitative estimate of drug-likeness (QED) is 0.521. The van der Waals surface area contributed by atoms with Gasteiger partial charge in [0.05, 0.1) is 7.11 Å². The lowest BCUT2D eigenvalue weighted by Crippen LogP contribution is -2.12. The molecule has 2 aromatic carbocycles. The van der Waals surface area contributed by atoms with Crippen LogP contribution in [0.25, 0.3) is 5.70 Å². The zero-order chi connectivity index (χ0) is 18.2. The van der Waals surface area contributed by atoms with E-state index in [1.54, 1.807) is 0 Å². The number of nitrogens with zero attached hydrogens (tertiary/aromatic N) is 3. The topological polar surface area (TPSA) is 78.3 Å². The highest BCUT2D eigenvalue weighted by molar-refractivity contribution is 6.09. The second-order valence-corrected chi connectivity index (χ2v) is 5.30. The summed E-state index contributed by atoms with van der Waals surface area (Å²) in [5.41, 5.74) is 2.11. The second-order valence-electron chi connectivity index (χ2n) is 5.30. The summed E-state index contributed by atoms with van der Waals surface area (Å²) >= 11 is 0. The van der Waals surface area contributed by atoms with Crippen molar-refractivity contribution in [3.05, 3.63) is 79.0 Å². The van der Waals surface area contributed by atoms with E-state index >= 15 is 0 Å². The van der Waals surface area contributed by atoms with E-state index in [1.165, 1.54) is 30.6 Å². The molecule has 132 valence electrons. The maximum Gasteiger partial charge on any atom is 0.358 e. The van der Waals surface area contributed by atoms with Crippen molar-refractivity contribution < 1.29 is 14.3 Å². The van der Waals surface area contributed by atoms with E-state index in [4.69, 9.17) is 9.47 Å². The van der Waals surface area contributed by atoms with Crippen LogP contribution in [0.1, 0.15) is 5.56 Å². The first-order valence-electron chi connectivity index (χ1n) is 7.93. The zero-order valence-electron chi connectivity index (χ0n) is 14.2. The number of esters is 1. The van der Waals surface area contributed by atoms with Crippen LogP contribution in [0.4, 0.5) is 5.69 Å². The molecule has 0 saturated carbocycles. The van der Waals surface area contributed by atoms with Gasteiger partial charge in [-0.25, -0.2) is 14.5 Å². The Labute approximate surface area is 150 Å². The predicted octanol–water partition coefficient (Wildman–Crippen LogP) is 2.94. The number of methoxy groups -OCH3 is 1. The van der Waals surface area contributed by atoms with Gasteiger partial charge in [0.25, 0.3) is 0 Å². The molecule has 26 heavy (non-hydrogen) atoms. The normalized spacial score (nSPS) is 11.0. The van der Waals surface area contributed by atoms with Crippen LogP contribution in [0.15, 0.2) is 73.5 Å². The Hall–Kier alpha value is -3.61.